The number of nitrogens with zero attached hydrogens (tertiary/aromatic N) is 3. The Morgan fingerprint density at radius 3 is 2.89 bits per heavy atom. The lowest BCUT2D eigenvalue weighted by Gasteiger charge is -2.32. The van der Waals surface area contributed by atoms with Crippen LogP contribution in [0.1, 0.15) is 43.4 Å². The number of carbonyl (C=O) groups is 1. The minimum absolute atomic E-state index is 0.124. The van der Waals surface area contributed by atoms with E-state index in [1.807, 2.05) is 43.3 Å². The maximum Gasteiger partial charge on any atom is 0.227 e. The zero-order valence-corrected chi connectivity index (χ0v) is 22.5. The van der Waals surface area contributed by atoms with E-state index in [1.165, 1.54) is 11.8 Å². The predicted molar refractivity (Wildman–Crippen MR) is 141 cm³/mol. The monoisotopic (exact) mass is 574 g/mol. The lowest BCUT2D eigenvalue weighted by Crippen LogP contribution is -2.31. The molecule has 0 fully saturated rings. The number of fused-ring (bicyclic) bond motifs is 1. The molecule has 0 spiro atoms. The van der Waals surface area contributed by atoms with Gasteiger partial charge in [-0.1, -0.05) is 41.6 Å². The van der Waals surface area contributed by atoms with Gasteiger partial charge in [0, 0.05) is 28.5 Å². The molecule has 1 unspecified atom stereocenters. The van der Waals surface area contributed by atoms with Crippen molar-refractivity contribution in [3.63, 3.8) is 0 Å². The first kappa shape index (κ1) is 24.2. The fraction of sp³-hybridized carbons (Fsp3) is 0.320. The second-order valence-electron chi connectivity index (χ2n) is 8.21. The molecule has 3 aromatic rings. The molecule has 35 heavy (non-hydrogen) atoms. The van der Waals surface area contributed by atoms with Gasteiger partial charge in [-0.25, -0.2) is 4.68 Å². The molecule has 1 N–H and O–H groups in total. The van der Waals surface area contributed by atoms with Crippen LogP contribution in [0, 0.1) is 0 Å². The number of rotatable bonds is 7. The SMILES string of the molecule is CCOc1c(Br)cc(C2C3=C(CCCC3=O)Nc3nc(SCc4ccccc4Cl)nn32)cc1OC. The summed E-state index contributed by atoms with van der Waals surface area (Å²) in [4.78, 5) is 17.9. The van der Waals surface area contributed by atoms with Gasteiger partial charge in [-0.3, -0.25) is 4.79 Å². The number of hydrogen-bond donors (Lipinski definition) is 1. The second-order valence-corrected chi connectivity index (χ2v) is 10.4. The number of anilines is 1. The van der Waals surface area contributed by atoms with Gasteiger partial charge in [0.25, 0.3) is 0 Å². The summed E-state index contributed by atoms with van der Waals surface area (Å²) in [5.41, 5.74) is 3.53. The zero-order valence-electron chi connectivity index (χ0n) is 19.3. The van der Waals surface area contributed by atoms with Crippen LogP contribution in [0.5, 0.6) is 11.5 Å². The van der Waals surface area contributed by atoms with Crippen molar-refractivity contribution >= 4 is 51.0 Å². The van der Waals surface area contributed by atoms with Crippen molar-refractivity contribution in [3.8, 4) is 11.5 Å². The van der Waals surface area contributed by atoms with Gasteiger partial charge >= 0.3 is 0 Å². The first-order valence-electron chi connectivity index (χ1n) is 11.4. The number of ketones is 1. The molecule has 1 aliphatic heterocycles. The first-order valence-corrected chi connectivity index (χ1v) is 13.5. The van der Waals surface area contributed by atoms with Gasteiger partial charge in [0.1, 0.15) is 6.04 Å². The number of methoxy groups -OCH3 is 1. The maximum absolute atomic E-state index is 13.1. The molecule has 2 aliphatic rings. The lowest BCUT2D eigenvalue weighted by molar-refractivity contribution is -0.116. The van der Waals surface area contributed by atoms with Crippen LogP contribution < -0.4 is 14.8 Å². The van der Waals surface area contributed by atoms with Crippen LogP contribution in [0.2, 0.25) is 5.02 Å². The number of hydrogen-bond acceptors (Lipinski definition) is 7. The topological polar surface area (TPSA) is 78.3 Å². The lowest BCUT2D eigenvalue weighted by atomic mass is 9.85. The minimum atomic E-state index is -0.419. The molecule has 2 aromatic carbocycles. The van der Waals surface area contributed by atoms with Gasteiger partial charge in [-0.2, -0.15) is 4.98 Å². The Morgan fingerprint density at radius 2 is 2.11 bits per heavy atom. The zero-order chi connectivity index (χ0) is 24.5. The number of thioether (sulfide) groups is 1. The summed E-state index contributed by atoms with van der Waals surface area (Å²) >= 11 is 11.5. The molecule has 2 heterocycles. The van der Waals surface area contributed by atoms with Gasteiger partial charge < -0.3 is 14.8 Å². The van der Waals surface area contributed by atoms with E-state index in [1.54, 1.807) is 11.8 Å². The van der Waals surface area contributed by atoms with Crippen LogP contribution >= 0.6 is 39.3 Å². The summed E-state index contributed by atoms with van der Waals surface area (Å²) in [6.07, 6.45) is 2.13. The number of aromatic nitrogens is 3. The van der Waals surface area contributed by atoms with Gasteiger partial charge in [0.05, 0.1) is 18.2 Å². The molecule has 1 atom stereocenters. The average Bonchev–Trinajstić information content (AvgIpc) is 3.26. The fourth-order valence-electron chi connectivity index (χ4n) is 4.45. The van der Waals surface area contributed by atoms with Crippen molar-refractivity contribution in [2.45, 2.75) is 43.1 Å². The van der Waals surface area contributed by atoms with E-state index < -0.39 is 6.04 Å². The van der Waals surface area contributed by atoms with Crippen LogP contribution in [-0.4, -0.2) is 34.3 Å². The van der Waals surface area contributed by atoms with Gasteiger partial charge in [0.2, 0.25) is 11.1 Å². The van der Waals surface area contributed by atoms with E-state index in [2.05, 4.69) is 21.2 Å². The Kier molecular flexibility index (Phi) is 7.09. The Hall–Kier alpha value is -2.49. The highest BCUT2D eigenvalue weighted by Gasteiger charge is 2.37. The van der Waals surface area contributed by atoms with Gasteiger partial charge in [-0.05, 0) is 65.0 Å². The minimum Gasteiger partial charge on any atom is -0.493 e. The molecular weight excluding hydrogens is 552 g/mol. The number of Topliss-reactive ketones (excluding diaryl/α,β-unsaturated/α-hetero) is 1. The van der Waals surface area contributed by atoms with Gasteiger partial charge in [-0.15, -0.1) is 5.10 Å². The summed E-state index contributed by atoms with van der Waals surface area (Å²) in [5, 5.41) is 9.52. The normalized spacial score (nSPS) is 17.0. The van der Waals surface area contributed by atoms with Crippen LogP contribution in [0.15, 0.2) is 57.3 Å². The summed E-state index contributed by atoms with van der Waals surface area (Å²) < 4.78 is 14.0. The molecule has 7 nitrogen and oxygen atoms in total. The molecule has 0 saturated carbocycles. The quantitative estimate of drug-likeness (QED) is 0.326. The van der Waals surface area contributed by atoms with Crippen LogP contribution in [-0.2, 0) is 10.5 Å². The Morgan fingerprint density at radius 1 is 1.29 bits per heavy atom. The summed E-state index contributed by atoms with van der Waals surface area (Å²) in [6.45, 7) is 2.43. The van der Waals surface area contributed by atoms with E-state index in [0.717, 1.165) is 39.7 Å². The molecule has 0 radical (unpaired) electrons. The number of benzene rings is 2. The second kappa shape index (κ2) is 10.2. The number of halogens is 2. The highest BCUT2D eigenvalue weighted by atomic mass is 79.9. The number of nitrogens with one attached hydrogen (secondary N) is 1. The van der Waals surface area contributed by atoms with Crippen molar-refractivity contribution in [1.29, 1.82) is 0 Å². The molecule has 1 aromatic heterocycles. The molecule has 5 rings (SSSR count). The molecular formula is C25H24BrClN4O3S. The third-order valence-corrected chi connectivity index (χ3v) is 7.86. The van der Waals surface area contributed by atoms with E-state index in [0.29, 0.717) is 46.4 Å². The Bertz CT molecular complexity index is 1330. The maximum atomic E-state index is 13.1. The predicted octanol–water partition coefficient (Wildman–Crippen LogP) is 6.42. The first-order chi connectivity index (χ1) is 17.0. The Balaban J connectivity index is 1.56. The fourth-order valence-corrected chi connectivity index (χ4v) is 6.13. The van der Waals surface area contributed by atoms with Crippen molar-refractivity contribution in [3.05, 3.63) is 68.3 Å². The third-order valence-electron chi connectivity index (χ3n) is 6.02. The molecule has 182 valence electrons. The van der Waals surface area contributed by atoms with Crippen molar-refractivity contribution < 1.29 is 14.3 Å². The van der Waals surface area contributed by atoms with E-state index >= 15 is 0 Å². The molecule has 0 bridgehead atoms. The molecule has 10 heteroatoms. The smallest absolute Gasteiger partial charge is 0.227 e. The number of carbonyl (C=O) groups excluding carboxylic acids is 1. The van der Waals surface area contributed by atoms with Crippen molar-refractivity contribution in [2.75, 3.05) is 19.0 Å². The van der Waals surface area contributed by atoms with E-state index in [4.69, 9.17) is 31.2 Å². The molecule has 0 amide bonds. The standard InChI is InChI=1S/C25H24BrClN4O3S/c1-3-34-23-16(26)11-15(12-20(23)33-2)22-21-18(9-6-10-19(21)32)28-24-29-25(30-31(22)24)35-13-14-7-4-5-8-17(14)27/h4-5,7-8,11-12,22H,3,6,9-10,13H2,1-2H3,(H,28,29,30). The average molecular weight is 576 g/mol. The Labute approximate surface area is 221 Å². The summed E-state index contributed by atoms with van der Waals surface area (Å²) in [6, 6.07) is 11.2. The largest absolute Gasteiger partial charge is 0.493 e. The molecule has 0 saturated heterocycles. The van der Waals surface area contributed by atoms with Crippen LogP contribution in [0.3, 0.4) is 0 Å². The highest BCUT2D eigenvalue weighted by Crippen LogP contribution is 2.45. The van der Waals surface area contributed by atoms with Crippen LogP contribution in [0.4, 0.5) is 5.95 Å². The third kappa shape index (κ3) is 4.69. The summed E-state index contributed by atoms with van der Waals surface area (Å²) in [7, 11) is 1.61. The number of ether oxygens (including phenoxy) is 2. The van der Waals surface area contributed by atoms with Crippen molar-refractivity contribution in [1.82, 2.24) is 14.8 Å². The van der Waals surface area contributed by atoms with Crippen LogP contribution in [0.25, 0.3) is 0 Å². The van der Waals surface area contributed by atoms with E-state index in [-0.39, 0.29) is 5.78 Å². The van der Waals surface area contributed by atoms with E-state index in [9.17, 15) is 4.79 Å². The van der Waals surface area contributed by atoms with Crippen molar-refractivity contribution in [2.24, 2.45) is 0 Å². The highest BCUT2D eigenvalue weighted by molar-refractivity contribution is 9.10. The van der Waals surface area contributed by atoms with Gasteiger partial charge in [0.15, 0.2) is 17.3 Å². The molecule has 1 aliphatic carbocycles. The number of allylic oxidation sites excluding steroid dienone is 2. The summed E-state index contributed by atoms with van der Waals surface area (Å²) in [5.74, 6) is 2.61.